The second-order valence-corrected chi connectivity index (χ2v) is 34.8. The molecule has 0 radical (unpaired) electrons. The summed E-state index contributed by atoms with van der Waals surface area (Å²) in [5.74, 6) is 1.35. The zero-order valence-corrected chi connectivity index (χ0v) is 72.2. The molecule has 6 heterocycles. The van der Waals surface area contributed by atoms with Gasteiger partial charge in [0.25, 0.3) is 0 Å². The van der Waals surface area contributed by atoms with Crippen molar-refractivity contribution in [3.05, 3.63) is 0 Å². The highest BCUT2D eigenvalue weighted by Gasteiger charge is 2.35. The third-order valence-corrected chi connectivity index (χ3v) is 19.5. The maximum absolute atomic E-state index is 12.7. The average molecular weight is 1480 g/mol. The number of piperazine rings is 6. The molecule has 6 saturated heterocycles. The zero-order chi connectivity index (χ0) is 79.6. The molecule has 0 unspecified atom stereocenters. The second kappa shape index (κ2) is 48.9. The molecule has 0 aliphatic carbocycles. The second-order valence-electron chi connectivity index (χ2n) is 34.8. The third kappa shape index (κ3) is 41.8. The summed E-state index contributed by atoms with van der Waals surface area (Å²) in [7, 11) is 15.8. The van der Waals surface area contributed by atoms with Gasteiger partial charge in [0.1, 0.15) is 12.1 Å². The van der Waals surface area contributed by atoms with E-state index in [9.17, 15) is 33.6 Å². The van der Waals surface area contributed by atoms with Gasteiger partial charge in [-0.15, -0.1) is 0 Å². The molecule has 0 aromatic heterocycles. The fraction of sp³-hybridized carbons (Fsp3) is 0.910. The maximum Gasteiger partial charge on any atom is 0.411 e. The Morgan fingerprint density at radius 1 is 0.317 bits per heavy atom. The quantitative estimate of drug-likeness (QED) is 0.160. The van der Waals surface area contributed by atoms with Gasteiger partial charge in [-0.1, -0.05) is 0 Å². The van der Waals surface area contributed by atoms with Crippen molar-refractivity contribution in [2.24, 2.45) is 0 Å². The Kier molecular flexibility index (Phi) is 45.9. The van der Waals surface area contributed by atoms with Crippen LogP contribution < -0.4 is 5.32 Å². The van der Waals surface area contributed by atoms with Crippen LogP contribution in [0.5, 0.6) is 0 Å². The molecule has 0 bridgehead atoms. The van der Waals surface area contributed by atoms with Gasteiger partial charge in [-0.25, -0.2) is 4.79 Å². The van der Waals surface area contributed by atoms with Crippen LogP contribution in [0.2, 0.25) is 0 Å². The molecule has 104 heavy (non-hydrogen) atoms. The van der Waals surface area contributed by atoms with Gasteiger partial charge in [-0.2, -0.15) is 0 Å². The van der Waals surface area contributed by atoms with Gasteiger partial charge >= 0.3 is 6.09 Å². The van der Waals surface area contributed by atoms with E-state index in [0.717, 1.165) is 163 Å². The highest BCUT2D eigenvalue weighted by atomic mass is 16.6. The Morgan fingerprint density at radius 2 is 0.558 bits per heavy atom. The van der Waals surface area contributed by atoms with Crippen LogP contribution in [-0.2, 0) is 33.5 Å². The molecule has 610 valence electrons. The van der Waals surface area contributed by atoms with Crippen molar-refractivity contribution in [2.75, 3.05) is 253 Å². The van der Waals surface area contributed by atoms with E-state index in [-0.39, 0.29) is 35.7 Å². The van der Waals surface area contributed by atoms with Gasteiger partial charge in [0.05, 0.1) is 19.6 Å². The van der Waals surface area contributed by atoms with E-state index < -0.39 is 17.2 Å². The summed E-state index contributed by atoms with van der Waals surface area (Å²) in [6.45, 7) is 69.5. The number of likely N-dealkylation sites (N-methyl/N-ethyl adjacent to an activating group) is 2. The molecule has 6 rings (SSSR count). The summed E-state index contributed by atoms with van der Waals surface area (Å²) in [6, 6.07) is 3.46. The monoisotopic (exact) mass is 1480 g/mol. The molecule has 0 saturated carbocycles. The molecule has 0 spiro atoms. The van der Waals surface area contributed by atoms with Gasteiger partial charge in [0.15, 0.2) is 0 Å². The Bertz CT molecular complexity index is 2350. The third-order valence-electron chi connectivity index (χ3n) is 19.5. The number of carbonyl (C=O) groups excluding carboxylic acids is 7. The van der Waals surface area contributed by atoms with Crippen LogP contribution in [0.1, 0.15) is 165 Å². The van der Waals surface area contributed by atoms with Crippen LogP contribution >= 0.6 is 0 Å². The van der Waals surface area contributed by atoms with Crippen LogP contribution in [0.3, 0.4) is 0 Å². The average Bonchev–Trinajstić information content (AvgIpc) is 0.847. The van der Waals surface area contributed by atoms with Crippen molar-refractivity contribution in [2.45, 2.75) is 218 Å². The summed E-state index contributed by atoms with van der Waals surface area (Å²) in [5, 5.41) is 3.25. The number of rotatable bonds is 21. The van der Waals surface area contributed by atoms with Gasteiger partial charge in [-0.3, -0.25) is 63.1 Å². The van der Waals surface area contributed by atoms with E-state index in [4.69, 9.17) is 4.74 Å². The van der Waals surface area contributed by atoms with Crippen molar-refractivity contribution in [3.63, 3.8) is 0 Å². The van der Waals surface area contributed by atoms with E-state index in [0.29, 0.717) is 93.6 Å². The number of amides is 7. The van der Waals surface area contributed by atoms with E-state index in [1.54, 1.807) is 0 Å². The first-order chi connectivity index (χ1) is 48.1. The Morgan fingerprint density at radius 3 is 0.779 bits per heavy atom. The number of hydrogen-bond acceptors (Lipinski definition) is 19. The molecule has 26 heteroatoms. The minimum atomic E-state index is -0.577. The van der Waals surface area contributed by atoms with E-state index in [1.165, 1.54) is 4.90 Å². The van der Waals surface area contributed by atoms with Crippen LogP contribution in [0, 0.1) is 0 Å². The molecule has 6 fully saturated rings. The number of nitrogens with zero attached hydrogens (tertiary/aromatic N) is 17. The van der Waals surface area contributed by atoms with Crippen molar-refractivity contribution < 1.29 is 38.3 Å². The first kappa shape index (κ1) is 97.7. The Hall–Kier alpha value is -4.35. The van der Waals surface area contributed by atoms with Crippen molar-refractivity contribution in [1.29, 1.82) is 0 Å². The lowest BCUT2D eigenvalue weighted by Gasteiger charge is -2.40. The first-order valence-corrected chi connectivity index (χ1v) is 39.6. The maximum atomic E-state index is 12.7. The molecule has 0 aromatic carbocycles. The highest BCUT2D eigenvalue weighted by molar-refractivity contribution is 5.83. The normalized spacial score (nSPS) is 18.3. The molecule has 0 aromatic rings. The van der Waals surface area contributed by atoms with E-state index in [2.05, 4.69) is 148 Å². The molecular formula is C78H160N18O8. The summed E-state index contributed by atoms with van der Waals surface area (Å²) < 4.78 is 5.47. The molecule has 1 N–H and O–H groups in total. The van der Waals surface area contributed by atoms with Crippen molar-refractivity contribution >= 4 is 41.5 Å². The molecule has 7 amide bonds. The van der Waals surface area contributed by atoms with Gasteiger partial charge in [0, 0.05) is 224 Å². The molecule has 0 atom stereocenters. The number of ether oxygens (including phenoxy) is 1. The van der Waals surface area contributed by atoms with Crippen LogP contribution in [0.15, 0.2) is 0 Å². The van der Waals surface area contributed by atoms with Gasteiger partial charge in [0.2, 0.25) is 35.4 Å². The van der Waals surface area contributed by atoms with Gasteiger partial charge < -0.3 is 59.1 Å². The highest BCUT2D eigenvalue weighted by Crippen LogP contribution is 2.20. The molecule has 6 aliphatic rings. The smallest absolute Gasteiger partial charge is 0.411 e. The summed E-state index contributed by atoms with van der Waals surface area (Å²) >= 11 is 0. The summed E-state index contributed by atoms with van der Waals surface area (Å²) in [4.78, 5) is 120. The van der Waals surface area contributed by atoms with Gasteiger partial charge in [-0.05, 0) is 215 Å². The van der Waals surface area contributed by atoms with Crippen LogP contribution in [0.4, 0.5) is 4.79 Å². The predicted molar refractivity (Wildman–Crippen MR) is 428 cm³/mol. The van der Waals surface area contributed by atoms with Crippen LogP contribution in [0.25, 0.3) is 0 Å². The Balaban J connectivity index is 0.000000629. The number of hydrogen-bond donors (Lipinski definition) is 1. The molecular weight excluding hydrogens is 1320 g/mol. The lowest BCUT2D eigenvalue weighted by atomic mass is 10.1. The summed E-state index contributed by atoms with van der Waals surface area (Å²) in [5.41, 5.74) is -1.04. The fourth-order valence-electron chi connectivity index (χ4n) is 12.4. The largest absolute Gasteiger partial charge is 0.444 e. The molecule has 6 aliphatic heterocycles. The minimum Gasteiger partial charge on any atom is -0.444 e. The first-order valence-electron chi connectivity index (χ1n) is 39.6. The molecule has 26 nitrogen and oxygen atoms in total. The van der Waals surface area contributed by atoms with E-state index >= 15 is 0 Å². The van der Waals surface area contributed by atoms with Crippen molar-refractivity contribution in [1.82, 2.24) is 88.6 Å². The SMILES string of the molecule is CC(C)N1CCN(C(=O)CCCN(C)C)CC1.CC(C)N1CCN(C(=O)CCN(C)C)CC1.CC(C)N1CCN(C(=O)CN(C(=O)OC(C)(C)C)C(C)(C)C)CC1.CC(C)N1CCN(C(=O)CN(C)C)CC1.CC(C)N1CCN(C(=O)CN(C)C)CC1.CC(C)N1CCN(C(=O)CNC(C)(C)C)CC1. The lowest BCUT2D eigenvalue weighted by molar-refractivity contribution is -0.136. The predicted octanol–water partition coefficient (Wildman–Crippen LogP) is 5.07. The minimum absolute atomic E-state index is 0.00934. The standard InChI is InChI=1S/C18H35N3O3.2C13H27N3O.C12H25N3O.2C11H23N3O/c1-14(2)19-9-11-20(12-10-19)15(22)13-21(17(3,4)5)16(23)24-18(6,7)8;1-11(2)15-6-8-16(9-7-15)12(17)10-14-13(3,4)5;1-12(2)15-8-10-16(11-9-15)13(17)6-5-7-14(3)4;1-11(2)14-7-9-15(10-8-14)12(16)5-6-13(3)4;2*1-10(2)13-5-7-14(8-6-13)11(15)9-12(3)4/h14H,9-13H2,1-8H3;11,14H,6-10H2,1-5H3;12H,5-11H2,1-4H3;11H,5-10H2,1-4H3;2*10H,5-9H2,1-4H3. The summed E-state index contributed by atoms with van der Waals surface area (Å²) in [6.07, 6.45) is 1.87. The zero-order valence-electron chi connectivity index (χ0n) is 72.2. The lowest BCUT2D eigenvalue weighted by Crippen LogP contribution is -2.56. The van der Waals surface area contributed by atoms with E-state index in [1.807, 2.05) is 137 Å². The fourth-order valence-corrected chi connectivity index (χ4v) is 12.4. The number of nitrogens with one attached hydrogen (secondary N) is 1. The van der Waals surface area contributed by atoms with Crippen LogP contribution in [-0.4, -0.2) is 430 Å². The number of carbonyl (C=O) groups is 7. The van der Waals surface area contributed by atoms with Crippen molar-refractivity contribution in [3.8, 4) is 0 Å². The topological polar surface area (TPSA) is 196 Å². The Labute approximate surface area is 636 Å².